The van der Waals surface area contributed by atoms with E-state index in [0.717, 1.165) is 0 Å². The molecule has 8 heteroatoms. The van der Waals surface area contributed by atoms with E-state index in [4.69, 9.17) is 5.11 Å². The molecule has 0 aliphatic rings. The molecule has 3 N–H and O–H groups in total. The van der Waals surface area contributed by atoms with Crippen LogP contribution in [0.3, 0.4) is 0 Å². The first-order valence-electron chi connectivity index (χ1n) is 6.12. The fraction of sp³-hybridized carbons (Fsp3) is 0.385. The van der Waals surface area contributed by atoms with Crippen molar-refractivity contribution in [1.82, 2.24) is 0 Å². The molecule has 0 aromatic heterocycles. The van der Waals surface area contributed by atoms with Gasteiger partial charge in [-0.3, -0.25) is 9.59 Å². The van der Waals surface area contributed by atoms with Crippen molar-refractivity contribution >= 4 is 27.4 Å². The van der Waals surface area contributed by atoms with Gasteiger partial charge in [-0.15, -0.1) is 0 Å². The summed E-state index contributed by atoms with van der Waals surface area (Å²) in [7, 11) is -3.84. The van der Waals surface area contributed by atoms with Gasteiger partial charge in [-0.25, -0.2) is 8.42 Å². The molecular formula is C13H17NO6S. The third-order valence-corrected chi connectivity index (χ3v) is 4.50. The number of rotatable bonds is 6. The highest BCUT2D eigenvalue weighted by molar-refractivity contribution is 7.91. The highest BCUT2D eigenvalue weighted by Gasteiger charge is 2.22. The number of amides is 1. The van der Waals surface area contributed by atoms with Crippen molar-refractivity contribution < 1.29 is 28.2 Å². The van der Waals surface area contributed by atoms with Gasteiger partial charge < -0.3 is 15.5 Å². The monoisotopic (exact) mass is 315 g/mol. The molecule has 1 rings (SSSR count). The molecule has 7 nitrogen and oxygen atoms in total. The average Bonchev–Trinajstić information content (AvgIpc) is 2.29. The molecule has 116 valence electrons. The molecule has 1 atom stereocenters. The Morgan fingerprint density at radius 2 is 1.95 bits per heavy atom. The molecule has 0 radical (unpaired) electrons. The van der Waals surface area contributed by atoms with E-state index in [-0.39, 0.29) is 10.8 Å². The lowest BCUT2D eigenvalue weighted by Crippen LogP contribution is -2.24. The van der Waals surface area contributed by atoms with E-state index in [1.807, 2.05) is 0 Å². The molecule has 0 bridgehead atoms. The fourth-order valence-electron chi connectivity index (χ4n) is 1.73. The Bertz CT molecular complexity index is 653. The molecule has 0 aliphatic carbocycles. The lowest BCUT2D eigenvalue weighted by molar-refractivity contribution is -0.138. The standard InChI is InChI=1S/C13H17NO6S/c1-8-3-4-11(6-12(8)14-9(2)15)21(19,20)7-10(16)5-13(17)18/h3-4,6,10,16H,5,7H2,1-2H3,(H,14,15)(H,17,18). The van der Waals surface area contributed by atoms with Crippen LogP contribution in [0.1, 0.15) is 18.9 Å². The van der Waals surface area contributed by atoms with Crippen molar-refractivity contribution in [1.29, 1.82) is 0 Å². The van der Waals surface area contributed by atoms with Crippen LogP contribution in [-0.4, -0.2) is 42.4 Å². The Balaban J connectivity index is 3.03. The van der Waals surface area contributed by atoms with Crippen molar-refractivity contribution in [3.05, 3.63) is 23.8 Å². The predicted molar refractivity (Wildman–Crippen MR) is 75.8 cm³/mol. The molecule has 1 aromatic carbocycles. The van der Waals surface area contributed by atoms with Crippen LogP contribution >= 0.6 is 0 Å². The Labute approximate surface area is 122 Å². The van der Waals surface area contributed by atoms with Gasteiger partial charge in [0.25, 0.3) is 0 Å². The second-order valence-electron chi connectivity index (χ2n) is 4.69. The minimum atomic E-state index is -3.84. The zero-order valence-electron chi connectivity index (χ0n) is 11.7. The van der Waals surface area contributed by atoms with Crippen LogP contribution in [0.4, 0.5) is 5.69 Å². The van der Waals surface area contributed by atoms with E-state index in [0.29, 0.717) is 11.3 Å². The van der Waals surface area contributed by atoms with Crippen LogP contribution in [0.2, 0.25) is 0 Å². The second-order valence-corrected chi connectivity index (χ2v) is 6.73. The van der Waals surface area contributed by atoms with E-state index in [1.54, 1.807) is 6.92 Å². The van der Waals surface area contributed by atoms with Gasteiger partial charge in [-0.2, -0.15) is 0 Å². The Morgan fingerprint density at radius 1 is 1.33 bits per heavy atom. The zero-order valence-corrected chi connectivity index (χ0v) is 12.5. The number of sulfone groups is 1. The van der Waals surface area contributed by atoms with Crippen LogP contribution < -0.4 is 5.32 Å². The summed E-state index contributed by atoms with van der Waals surface area (Å²) in [5, 5.41) is 20.5. The number of aliphatic carboxylic acids is 1. The molecule has 21 heavy (non-hydrogen) atoms. The summed E-state index contributed by atoms with van der Waals surface area (Å²) in [6.07, 6.45) is -2.14. The maximum Gasteiger partial charge on any atom is 0.306 e. The second kappa shape index (κ2) is 6.68. The van der Waals surface area contributed by atoms with Crippen LogP contribution in [0, 0.1) is 6.92 Å². The first kappa shape index (κ1) is 17.1. The first-order valence-corrected chi connectivity index (χ1v) is 7.78. The molecule has 0 heterocycles. The summed E-state index contributed by atoms with van der Waals surface area (Å²) in [4.78, 5) is 21.4. The Kier molecular flexibility index (Phi) is 5.45. The minimum Gasteiger partial charge on any atom is -0.481 e. The highest BCUT2D eigenvalue weighted by Crippen LogP contribution is 2.22. The first-order chi connectivity index (χ1) is 9.61. The number of nitrogens with one attached hydrogen (secondary N) is 1. The molecule has 1 amide bonds. The number of hydrogen-bond acceptors (Lipinski definition) is 5. The van der Waals surface area contributed by atoms with Crippen LogP contribution in [0.25, 0.3) is 0 Å². The summed E-state index contributed by atoms with van der Waals surface area (Å²) < 4.78 is 24.2. The molecule has 0 fully saturated rings. The van der Waals surface area contributed by atoms with E-state index >= 15 is 0 Å². The SMILES string of the molecule is CC(=O)Nc1cc(S(=O)(=O)CC(O)CC(=O)O)ccc1C. The summed E-state index contributed by atoms with van der Waals surface area (Å²) in [6.45, 7) is 3.01. The molecule has 0 spiro atoms. The van der Waals surface area contributed by atoms with Gasteiger partial charge in [0.05, 0.1) is 23.2 Å². The number of benzene rings is 1. The maximum atomic E-state index is 12.1. The number of carbonyl (C=O) groups is 2. The van der Waals surface area contributed by atoms with Gasteiger partial charge in [0.1, 0.15) is 0 Å². The van der Waals surface area contributed by atoms with Crippen molar-refractivity contribution in [3.63, 3.8) is 0 Å². The maximum absolute atomic E-state index is 12.1. The lowest BCUT2D eigenvalue weighted by Gasteiger charge is -2.12. The van der Waals surface area contributed by atoms with Gasteiger partial charge in [0, 0.05) is 12.6 Å². The number of hydrogen-bond donors (Lipinski definition) is 3. The molecule has 1 aromatic rings. The molecule has 1 unspecified atom stereocenters. The number of aliphatic hydroxyl groups excluding tert-OH is 1. The quantitative estimate of drug-likeness (QED) is 0.705. The number of aliphatic hydroxyl groups is 1. The number of anilines is 1. The van der Waals surface area contributed by atoms with Gasteiger partial charge in [-0.05, 0) is 24.6 Å². The van der Waals surface area contributed by atoms with Gasteiger partial charge in [0.15, 0.2) is 9.84 Å². The number of carboxylic acids is 1. The molecule has 0 aliphatic heterocycles. The van der Waals surface area contributed by atoms with Crippen LogP contribution in [0.5, 0.6) is 0 Å². The normalized spacial score (nSPS) is 12.7. The van der Waals surface area contributed by atoms with Crippen molar-refractivity contribution in [2.24, 2.45) is 0 Å². The van der Waals surface area contributed by atoms with Crippen molar-refractivity contribution in [2.45, 2.75) is 31.3 Å². The highest BCUT2D eigenvalue weighted by atomic mass is 32.2. The molecular weight excluding hydrogens is 298 g/mol. The van der Waals surface area contributed by atoms with Crippen molar-refractivity contribution in [3.8, 4) is 0 Å². The van der Waals surface area contributed by atoms with Crippen LogP contribution in [0.15, 0.2) is 23.1 Å². The predicted octanol–water partition coefficient (Wildman–Crippen LogP) is 0.563. The summed E-state index contributed by atoms with van der Waals surface area (Å²) in [6, 6.07) is 4.17. The third-order valence-electron chi connectivity index (χ3n) is 2.70. The summed E-state index contributed by atoms with van der Waals surface area (Å²) in [5.41, 5.74) is 1.05. The van der Waals surface area contributed by atoms with Crippen LogP contribution in [-0.2, 0) is 19.4 Å². The van der Waals surface area contributed by atoms with E-state index in [1.165, 1.54) is 25.1 Å². The van der Waals surface area contributed by atoms with Gasteiger partial charge in [-0.1, -0.05) is 6.07 Å². The minimum absolute atomic E-state index is 0.0821. The number of carbonyl (C=O) groups excluding carboxylic acids is 1. The topological polar surface area (TPSA) is 121 Å². The number of aryl methyl sites for hydroxylation is 1. The Hall–Kier alpha value is -1.93. The largest absolute Gasteiger partial charge is 0.481 e. The van der Waals surface area contributed by atoms with E-state index < -0.39 is 34.1 Å². The van der Waals surface area contributed by atoms with E-state index in [2.05, 4.69) is 5.32 Å². The zero-order chi connectivity index (χ0) is 16.2. The van der Waals surface area contributed by atoms with Gasteiger partial charge >= 0.3 is 5.97 Å². The lowest BCUT2D eigenvalue weighted by atomic mass is 10.2. The fourth-order valence-corrected chi connectivity index (χ4v) is 3.12. The summed E-state index contributed by atoms with van der Waals surface area (Å²) >= 11 is 0. The molecule has 0 saturated heterocycles. The average molecular weight is 315 g/mol. The van der Waals surface area contributed by atoms with Crippen molar-refractivity contribution in [2.75, 3.05) is 11.1 Å². The molecule has 0 saturated carbocycles. The number of carboxylic acid groups (broad SMARTS) is 1. The van der Waals surface area contributed by atoms with Gasteiger partial charge in [0.2, 0.25) is 5.91 Å². The van der Waals surface area contributed by atoms with E-state index in [9.17, 15) is 23.1 Å². The third kappa shape index (κ3) is 5.16. The Morgan fingerprint density at radius 3 is 2.48 bits per heavy atom. The summed E-state index contributed by atoms with van der Waals surface area (Å²) in [5.74, 6) is -2.30. The smallest absolute Gasteiger partial charge is 0.306 e.